The van der Waals surface area contributed by atoms with Gasteiger partial charge < -0.3 is 0 Å². The Morgan fingerprint density at radius 2 is 1.45 bits per heavy atom. The lowest BCUT2D eigenvalue weighted by atomic mass is 9.32. The Hall–Kier alpha value is -0.260. The first-order valence-corrected chi connectivity index (χ1v) is 13.2. The second-order valence-corrected chi connectivity index (χ2v) is 13.9. The first kappa shape index (κ1) is 20.6. The van der Waals surface area contributed by atoms with Gasteiger partial charge in [0.15, 0.2) is 0 Å². The Morgan fingerprint density at radius 3 is 2.17 bits per heavy atom. The molecule has 9 atom stereocenters. The maximum atomic E-state index is 4.36. The first-order valence-electron chi connectivity index (χ1n) is 13.2. The molecule has 29 heavy (non-hydrogen) atoms. The van der Waals surface area contributed by atoms with Crippen LogP contribution in [0.25, 0.3) is 0 Å². The van der Waals surface area contributed by atoms with Crippen LogP contribution in [0.3, 0.4) is 0 Å². The molecule has 0 bridgehead atoms. The van der Waals surface area contributed by atoms with E-state index in [9.17, 15) is 0 Å². The van der Waals surface area contributed by atoms with E-state index in [1.165, 1.54) is 70.6 Å². The van der Waals surface area contributed by atoms with E-state index in [0.29, 0.717) is 27.1 Å². The molecule has 0 spiro atoms. The lowest BCUT2D eigenvalue weighted by Gasteiger charge is -2.72. The molecule has 0 heteroatoms. The zero-order valence-electron chi connectivity index (χ0n) is 20.4. The van der Waals surface area contributed by atoms with E-state index in [1.807, 2.05) is 0 Å². The van der Waals surface area contributed by atoms with Crippen molar-refractivity contribution in [3.05, 3.63) is 12.7 Å². The van der Waals surface area contributed by atoms with Gasteiger partial charge in [-0.1, -0.05) is 54.0 Å². The summed E-state index contributed by atoms with van der Waals surface area (Å²) in [5.41, 5.74) is 2.69. The summed E-state index contributed by atoms with van der Waals surface area (Å²) in [6, 6.07) is 0. The predicted octanol–water partition coefficient (Wildman–Crippen LogP) is 8.66. The molecular formula is C29H48. The first-order chi connectivity index (χ1) is 13.6. The van der Waals surface area contributed by atoms with E-state index in [4.69, 9.17) is 0 Å². The van der Waals surface area contributed by atoms with Gasteiger partial charge in [0.25, 0.3) is 0 Å². The third kappa shape index (κ3) is 2.33. The summed E-state index contributed by atoms with van der Waals surface area (Å²) in [7, 11) is 0. The van der Waals surface area contributed by atoms with Crippen molar-refractivity contribution in [1.29, 1.82) is 0 Å². The molecule has 0 nitrogen and oxygen atoms in total. The highest BCUT2D eigenvalue weighted by Crippen LogP contribution is 2.77. The molecule has 5 rings (SSSR count). The third-order valence-electron chi connectivity index (χ3n) is 13.4. The molecular weight excluding hydrogens is 348 g/mol. The topological polar surface area (TPSA) is 0 Å². The van der Waals surface area contributed by atoms with Gasteiger partial charge in [-0.2, -0.15) is 0 Å². The van der Waals surface area contributed by atoms with Crippen LogP contribution in [-0.4, -0.2) is 0 Å². The highest BCUT2D eigenvalue weighted by molar-refractivity contribution is 5.20. The quantitative estimate of drug-likeness (QED) is 0.389. The third-order valence-corrected chi connectivity index (χ3v) is 13.4. The van der Waals surface area contributed by atoms with E-state index in [2.05, 4.69) is 54.2 Å². The standard InChI is InChI=1S/C29H48/c1-8-29-15-9-10-22(29)21-11-12-24-26(5)16-13-20(2)25(3,4)23(26)14-17-28(24,7)27(21,6)18-19-29/h8,20-24H,1,9-19H2,2-7H3/t20-,21?,22?,23?,24?,26-,27+,28+,29+/m0/s1. The molecule has 5 aliphatic rings. The minimum absolute atomic E-state index is 0.497. The fourth-order valence-corrected chi connectivity index (χ4v) is 11.2. The summed E-state index contributed by atoms with van der Waals surface area (Å²) in [4.78, 5) is 0. The number of fused-ring (bicyclic) bond motifs is 7. The second kappa shape index (κ2) is 6.16. The van der Waals surface area contributed by atoms with Crippen LogP contribution in [0.2, 0.25) is 0 Å². The van der Waals surface area contributed by atoms with Gasteiger partial charge in [0, 0.05) is 0 Å². The van der Waals surface area contributed by atoms with Crippen molar-refractivity contribution in [2.24, 2.45) is 56.7 Å². The van der Waals surface area contributed by atoms with Crippen LogP contribution in [0.5, 0.6) is 0 Å². The molecule has 164 valence electrons. The van der Waals surface area contributed by atoms with Crippen LogP contribution >= 0.6 is 0 Å². The molecule has 4 unspecified atom stereocenters. The fraction of sp³-hybridized carbons (Fsp3) is 0.931. The van der Waals surface area contributed by atoms with Crippen LogP contribution in [-0.2, 0) is 0 Å². The van der Waals surface area contributed by atoms with Gasteiger partial charge in [0.1, 0.15) is 0 Å². The second-order valence-electron chi connectivity index (χ2n) is 13.9. The summed E-state index contributed by atoms with van der Waals surface area (Å²) >= 11 is 0. The summed E-state index contributed by atoms with van der Waals surface area (Å²) < 4.78 is 0. The zero-order chi connectivity index (χ0) is 20.9. The maximum absolute atomic E-state index is 4.36. The largest absolute Gasteiger partial charge is 0.103 e. The van der Waals surface area contributed by atoms with Crippen LogP contribution in [0.1, 0.15) is 112 Å². The van der Waals surface area contributed by atoms with Crippen molar-refractivity contribution >= 4 is 0 Å². The predicted molar refractivity (Wildman–Crippen MR) is 125 cm³/mol. The van der Waals surface area contributed by atoms with E-state index in [-0.39, 0.29) is 0 Å². The number of hydrogen-bond acceptors (Lipinski definition) is 0. The number of rotatable bonds is 1. The van der Waals surface area contributed by atoms with Crippen LogP contribution in [0.15, 0.2) is 12.7 Å². The van der Waals surface area contributed by atoms with E-state index in [1.54, 1.807) is 0 Å². The van der Waals surface area contributed by atoms with Crippen LogP contribution < -0.4 is 0 Å². The van der Waals surface area contributed by atoms with Crippen LogP contribution in [0, 0.1) is 56.7 Å². The summed E-state index contributed by atoms with van der Waals surface area (Å²) in [6.07, 6.45) is 18.6. The maximum Gasteiger partial charge on any atom is -0.00896 e. The SMILES string of the molecule is C=C[C@]12CCCC1C1CCC3[C@@]4(C)CC[C@H](C)C(C)(C)C4CC[C@@]3(C)[C@]1(C)CC2. The molecule has 0 heterocycles. The van der Waals surface area contributed by atoms with Crippen molar-refractivity contribution in [3.63, 3.8) is 0 Å². The van der Waals surface area contributed by atoms with Crippen molar-refractivity contribution in [1.82, 2.24) is 0 Å². The number of allylic oxidation sites excluding steroid dienone is 1. The van der Waals surface area contributed by atoms with Crippen molar-refractivity contribution < 1.29 is 0 Å². The average molecular weight is 397 g/mol. The highest BCUT2D eigenvalue weighted by atomic mass is 14.7. The van der Waals surface area contributed by atoms with Crippen LogP contribution in [0.4, 0.5) is 0 Å². The Morgan fingerprint density at radius 1 is 0.690 bits per heavy atom. The van der Waals surface area contributed by atoms with Gasteiger partial charge in [0.05, 0.1) is 0 Å². The lowest BCUT2D eigenvalue weighted by molar-refractivity contribution is -0.236. The molecule has 0 N–H and O–H groups in total. The molecule has 0 amide bonds. The summed E-state index contributed by atoms with van der Waals surface area (Å²) in [6.45, 7) is 20.5. The molecule has 0 saturated heterocycles. The Labute approximate surface area is 181 Å². The lowest BCUT2D eigenvalue weighted by Crippen LogP contribution is -2.65. The molecule has 0 aromatic carbocycles. The number of hydrogen-bond donors (Lipinski definition) is 0. The van der Waals surface area contributed by atoms with Gasteiger partial charge in [0.2, 0.25) is 0 Å². The molecule has 5 fully saturated rings. The molecule has 5 aliphatic carbocycles. The van der Waals surface area contributed by atoms with E-state index >= 15 is 0 Å². The Kier molecular flexibility index (Phi) is 4.38. The van der Waals surface area contributed by atoms with Gasteiger partial charge in [-0.3, -0.25) is 0 Å². The zero-order valence-corrected chi connectivity index (χ0v) is 20.4. The molecule has 0 radical (unpaired) electrons. The van der Waals surface area contributed by atoms with Crippen molar-refractivity contribution in [3.8, 4) is 0 Å². The minimum Gasteiger partial charge on any atom is -0.103 e. The smallest absolute Gasteiger partial charge is 0.00896 e. The molecule has 0 aliphatic heterocycles. The monoisotopic (exact) mass is 396 g/mol. The van der Waals surface area contributed by atoms with Crippen molar-refractivity contribution in [2.45, 2.75) is 112 Å². The minimum atomic E-state index is 0.497. The molecule has 0 aromatic rings. The van der Waals surface area contributed by atoms with E-state index in [0.717, 1.165) is 29.6 Å². The van der Waals surface area contributed by atoms with Gasteiger partial charge in [-0.15, -0.1) is 6.58 Å². The van der Waals surface area contributed by atoms with Gasteiger partial charge >= 0.3 is 0 Å². The molecule has 5 saturated carbocycles. The normalized spacial score (nSPS) is 58.5. The van der Waals surface area contributed by atoms with Crippen molar-refractivity contribution in [2.75, 3.05) is 0 Å². The molecule has 0 aromatic heterocycles. The Bertz CT molecular complexity index is 688. The Balaban J connectivity index is 1.53. The average Bonchev–Trinajstić information content (AvgIpc) is 3.10. The fourth-order valence-electron chi connectivity index (χ4n) is 11.2. The summed E-state index contributed by atoms with van der Waals surface area (Å²) in [5.74, 6) is 4.65. The van der Waals surface area contributed by atoms with Gasteiger partial charge in [-0.05, 0) is 121 Å². The van der Waals surface area contributed by atoms with E-state index < -0.39 is 0 Å². The summed E-state index contributed by atoms with van der Waals surface area (Å²) in [5, 5.41) is 0. The van der Waals surface area contributed by atoms with Gasteiger partial charge in [-0.25, -0.2) is 0 Å². The highest BCUT2D eigenvalue weighted by Gasteiger charge is 2.69.